The molecule has 0 unspecified atom stereocenters. The van der Waals surface area contributed by atoms with Crippen molar-refractivity contribution < 1.29 is 14.7 Å². The Morgan fingerprint density at radius 3 is 2.50 bits per heavy atom. The summed E-state index contributed by atoms with van der Waals surface area (Å²) in [5.74, 6) is -0.973. The van der Waals surface area contributed by atoms with Crippen molar-refractivity contribution >= 4 is 17.7 Å². The Bertz CT molecular complexity index is 507. The zero-order chi connectivity index (χ0) is 13.3. The Labute approximate surface area is 105 Å². The summed E-state index contributed by atoms with van der Waals surface area (Å²) in [6, 6.07) is 4.37. The highest BCUT2D eigenvalue weighted by molar-refractivity contribution is 5.93. The maximum absolute atomic E-state index is 11.7. The van der Waals surface area contributed by atoms with Gasteiger partial charge in [0, 0.05) is 11.2 Å². The van der Waals surface area contributed by atoms with E-state index in [1.807, 2.05) is 6.92 Å². The van der Waals surface area contributed by atoms with E-state index in [2.05, 4.69) is 10.6 Å². The van der Waals surface area contributed by atoms with Crippen molar-refractivity contribution in [3.63, 3.8) is 0 Å². The number of aromatic carboxylic acids is 1. The molecule has 1 aromatic carbocycles. The molecule has 1 fully saturated rings. The normalized spacial score (nSPS) is 15.9. The molecular weight excluding hydrogens is 232 g/mol. The van der Waals surface area contributed by atoms with Crippen LogP contribution in [0.3, 0.4) is 0 Å². The number of nitrogens with one attached hydrogen (secondary N) is 2. The molecule has 2 amide bonds. The quantitative estimate of drug-likeness (QED) is 0.768. The van der Waals surface area contributed by atoms with Gasteiger partial charge in [-0.25, -0.2) is 9.59 Å². The van der Waals surface area contributed by atoms with E-state index >= 15 is 0 Å². The van der Waals surface area contributed by atoms with E-state index in [9.17, 15) is 9.59 Å². The van der Waals surface area contributed by atoms with Crippen LogP contribution in [-0.4, -0.2) is 22.6 Å². The monoisotopic (exact) mass is 248 g/mol. The first-order valence-electron chi connectivity index (χ1n) is 5.83. The van der Waals surface area contributed by atoms with Gasteiger partial charge in [-0.2, -0.15) is 0 Å². The van der Waals surface area contributed by atoms with Gasteiger partial charge in [0.2, 0.25) is 0 Å². The van der Waals surface area contributed by atoms with E-state index in [1.165, 1.54) is 12.1 Å². The van der Waals surface area contributed by atoms with Gasteiger partial charge in [0.05, 0.1) is 5.56 Å². The number of hydrogen-bond donors (Lipinski definition) is 3. The summed E-state index contributed by atoms with van der Waals surface area (Å²) >= 11 is 0. The lowest BCUT2D eigenvalue weighted by Crippen LogP contribution is -2.37. The van der Waals surface area contributed by atoms with Crippen LogP contribution in [0.25, 0.3) is 0 Å². The van der Waals surface area contributed by atoms with Crippen LogP contribution >= 0.6 is 0 Å². The van der Waals surface area contributed by atoms with Crippen molar-refractivity contribution in [3.05, 3.63) is 29.3 Å². The number of benzene rings is 1. The van der Waals surface area contributed by atoms with Crippen molar-refractivity contribution in [1.82, 2.24) is 5.32 Å². The van der Waals surface area contributed by atoms with Gasteiger partial charge < -0.3 is 15.7 Å². The summed E-state index contributed by atoms with van der Waals surface area (Å²) in [5.41, 5.74) is 1.50. The molecule has 0 heterocycles. The predicted octanol–water partition coefficient (Wildman–Crippen LogP) is 2.37. The second kappa shape index (κ2) is 4.33. The Morgan fingerprint density at radius 2 is 2.00 bits per heavy atom. The Balaban J connectivity index is 2.05. The molecular formula is C13H16N2O3. The van der Waals surface area contributed by atoms with Gasteiger partial charge in [0.25, 0.3) is 0 Å². The zero-order valence-corrected chi connectivity index (χ0v) is 10.4. The molecule has 0 saturated heterocycles. The van der Waals surface area contributed by atoms with Crippen LogP contribution < -0.4 is 10.6 Å². The number of rotatable bonds is 3. The average molecular weight is 248 g/mol. The highest BCUT2D eigenvalue weighted by atomic mass is 16.4. The number of hydrogen-bond acceptors (Lipinski definition) is 2. The molecule has 0 bridgehead atoms. The fourth-order valence-electron chi connectivity index (χ4n) is 1.68. The molecule has 2 rings (SSSR count). The Kier molecular flexibility index (Phi) is 2.98. The average Bonchev–Trinajstić information content (AvgIpc) is 2.98. The molecule has 0 radical (unpaired) electrons. The number of carbonyl (C=O) groups excluding carboxylic acids is 1. The number of aryl methyl sites for hydroxylation is 1. The first kappa shape index (κ1) is 12.4. The van der Waals surface area contributed by atoms with Crippen LogP contribution in [0.2, 0.25) is 0 Å². The Hall–Kier alpha value is -2.04. The van der Waals surface area contributed by atoms with Gasteiger partial charge >= 0.3 is 12.0 Å². The summed E-state index contributed by atoms with van der Waals surface area (Å²) in [7, 11) is 0. The minimum absolute atomic E-state index is 0.0704. The van der Waals surface area contributed by atoms with E-state index in [0.29, 0.717) is 5.69 Å². The zero-order valence-electron chi connectivity index (χ0n) is 10.4. The standard InChI is InChI=1S/C13H16N2O3/c1-8-7-9(11(16)17)3-4-10(8)14-12(18)15-13(2)5-6-13/h3-4,7H,5-6H2,1-2H3,(H,16,17)(H2,14,15,18). The molecule has 1 aliphatic rings. The molecule has 0 aliphatic heterocycles. The summed E-state index contributed by atoms with van der Waals surface area (Å²) in [6.07, 6.45) is 1.99. The highest BCUT2D eigenvalue weighted by Gasteiger charge is 2.38. The highest BCUT2D eigenvalue weighted by Crippen LogP contribution is 2.34. The number of carboxylic acid groups (broad SMARTS) is 1. The Morgan fingerprint density at radius 1 is 1.33 bits per heavy atom. The van der Waals surface area contributed by atoms with Crippen LogP contribution in [0.1, 0.15) is 35.7 Å². The lowest BCUT2D eigenvalue weighted by atomic mass is 10.1. The van der Waals surface area contributed by atoms with Crippen molar-refractivity contribution in [2.45, 2.75) is 32.2 Å². The molecule has 5 heteroatoms. The molecule has 96 valence electrons. The van der Waals surface area contributed by atoms with Gasteiger partial charge in [0.1, 0.15) is 0 Å². The molecule has 1 aromatic rings. The van der Waals surface area contributed by atoms with Crippen molar-refractivity contribution in [2.75, 3.05) is 5.32 Å². The van der Waals surface area contributed by atoms with Crippen LogP contribution in [-0.2, 0) is 0 Å². The third-order valence-corrected chi connectivity index (χ3v) is 3.14. The van der Waals surface area contributed by atoms with Crippen LogP contribution in [0, 0.1) is 6.92 Å². The maximum Gasteiger partial charge on any atom is 0.335 e. The predicted molar refractivity (Wildman–Crippen MR) is 67.9 cm³/mol. The lowest BCUT2D eigenvalue weighted by molar-refractivity contribution is 0.0697. The summed E-state index contributed by atoms with van der Waals surface area (Å²) < 4.78 is 0. The van der Waals surface area contributed by atoms with Gasteiger partial charge in [0.15, 0.2) is 0 Å². The lowest BCUT2D eigenvalue weighted by Gasteiger charge is -2.14. The molecule has 1 aliphatic carbocycles. The van der Waals surface area contributed by atoms with Crippen LogP contribution in [0.5, 0.6) is 0 Å². The fraction of sp³-hybridized carbons (Fsp3) is 0.385. The van der Waals surface area contributed by atoms with Gasteiger partial charge in [-0.1, -0.05) is 0 Å². The first-order chi connectivity index (χ1) is 8.39. The smallest absolute Gasteiger partial charge is 0.335 e. The van der Waals surface area contributed by atoms with Crippen LogP contribution in [0.15, 0.2) is 18.2 Å². The third-order valence-electron chi connectivity index (χ3n) is 3.14. The van der Waals surface area contributed by atoms with E-state index in [1.54, 1.807) is 13.0 Å². The molecule has 0 spiro atoms. The molecule has 5 nitrogen and oxygen atoms in total. The number of carboxylic acids is 1. The maximum atomic E-state index is 11.7. The molecule has 0 aromatic heterocycles. The first-order valence-corrected chi connectivity index (χ1v) is 5.83. The molecule has 1 saturated carbocycles. The number of amides is 2. The van der Waals surface area contributed by atoms with Crippen molar-refractivity contribution in [1.29, 1.82) is 0 Å². The minimum Gasteiger partial charge on any atom is -0.478 e. The largest absolute Gasteiger partial charge is 0.478 e. The summed E-state index contributed by atoms with van der Waals surface area (Å²) in [4.78, 5) is 22.5. The van der Waals surface area contributed by atoms with Gasteiger partial charge in [-0.3, -0.25) is 0 Å². The minimum atomic E-state index is -0.973. The third kappa shape index (κ3) is 2.80. The fourth-order valence-corrected chi connectivity index (χ4v) is 1.68. The number of urea groups is 1. The summed E-state index contributed by atoms with van der Waals surface area (Å²) in [6.45, 7) is 3.76. The summed E-state index contributed by atoms with van der Waals surface area (Å²) in [5, 5.41) is 14.5. The van der Waals surface area contributed by atoms with Gasteiger partial charge in [-0.05, 0) is 50.5 Å². The van der Waals surface area contributed by atoms with E-state index in [0.717, 1.165) is 18.4 Å². The molecule has 0 atom stereocenters. The SMILES string of the molecule is Cc1cc(C(=O)O)ccc1NC(=O)NC1(C)CC1. The second-order valence-electron chi connectivity index (χ2n) is 4.97. The van der Waals surface area contributed by atoms with E-state index in [4.69, 9.17) is 5.11 Å². The second-order valence-corrected chi connectivity index (χ2v) is 4.97. The molecule has 18 heavy (non-hydrogen) atoms. The van der Waals surface area contributed by atoms with Crippen LogP contribution in [0.4, 0.5) is 10.5 Å². The molecule has 3 N–H and O–H groups in total. The van der Waals surface area contributed by atoms with E-state index in [-0.39, 0.29) is 17.1 Å². The number of carbonyl (C=O) groups is 2. The van der Waals surface area contributed by atoms with Crippen molar-refractivity contribution in [2.24, 2.45) is 0 Å². The van der Waals surface area contributed by atoms with E-state index < -0.39 is 5.97 Å². The van der Waals surface area contributed by atoms with Crippen molar-refractivity contribution in [3.8, 4) is 0 Å². The van der Waals surface area contributed by atoms with Gasteiger partial charge in [-0.15, -0.1) is 0 Å². The number of anilines is 1. The topological polar surface area (TPSA) is 78.4 Å².